The van der Waals surface area contributed by atoms with E-state index in [9.17, 15) is 13.6 Å². The van der Waals surface area contributed by atoms with Gasteiger partial charge in [-0.15, -0.1) is 0 Å². The van der Waals surface area contributed by atoms with Crippen LogP contribution in [0.5, 0.6) is 0 Å². The highest BCUT2D eigenvalue weighted by atomic mass is 19.2. The first-order chi connectivity index (χ1) is 8.01. The second-order valence-corrected chi connectivity index (χ2v) is 3.59. The van der Waals surface area contributed by atoms with Gasteiger partial charge in [-0.05, 0) is 18.6 Å². The molecule has 1 aromatic carbocycles. The lowest BCUT2D eigenvalue weighted by Gasteiger charge is -2.19. The minimum atomic E-state index is -1.02. The molecule has 0 N–H and O–H groups in total. The molecule has 0 aliphatic heterocycles. The van der Waals surface area contributed by atoms with Crippen molar-refractivity contribution in [2.75, 3.05) is 11.9 Å². The summed E-state index contributed by atoms with van der Waals surface area (Å²) < 4.78 is 25.7. The van der Waals surface area contributed by atoms with Crippen molar-refractivity contribution in [3.63, 3.8) is 0 Å². The van der Waals surface area contributed by atoms with Crippen LogP contribution in [0, 0.1) is 28.9 Å². The number of carbonyl (C=O) groups is 1. The fourth-order valence-electron chi connectivity index (χ4n) is 1.38. The largest absolute Gasteiger partial charge is 0.314 e. The molecule has 0 aromatic heterocycles. The van der Waals surface area contributed by atoms with Gasteiger partial charge in [0, 0.05) is 18.8 Å². The number of benzene rings is 1. The molecule has 90 valence electrons. The molecule has 0 saturated heterocycles. The van der Waals surface area contributed by atoms with Gasteiger partial charge in [0.1, 0.15) is 5.92 Å². The fourth-order valence-corrected chi connectivity index (χ4v) is 1.38. The van der Waals surface area contributed by atoms with Gasteiger partial charge < -0.3 is 4.90 Å². The Balaban J connectivity index is 2.97. The van der Waals surface area contributed by atoms with Crippen molar-refractivity contribution in [1.29, 1.82) is 5.26 Å². The molecule has 1 amide bonds. The summed E-state index contributed by atoms with van der Waals surface area (Å²) in [5.74, 6) is -3.19. The Morgan fingerprint density at radius 3 is 2.59 bits per heavy atom. The molecular formula is C12H12F2N2O. The Morgan fingerprint density at radius 1 is 1.47 bits per heavy atom. The number of amides is 1. The van der Waals surface area contributed by atoms with Crippen LogP contribution in [-0.4, -0.2) is 13.0 Å². The quantitative estimate of drug-likeness (QED) is 0.812. The fraction of sp³-hybridized carbons (Fsp3) is 0.333. The standard InChI is InChI=1S/C12H12F2N2O/c1-3-8(7-15)12(17)16(2)9-4-5-10(13)11(14)6-9/h4-6,8H,3H2,1-2H3. The second kappa shape index (κ2) is 5.39. The third-order valence-electron chi connectivity index (χ3n) is 2.48. The van der Waals surface area contributed by atoms with E-state index in [0.717, 1.165) is 17.0 Å². The van der Waals surface area contributed by atoms with Gasteiger partial charge in [0.25, 0.3) is 0 Å². The van der Waals surface area contributed by atoms with Crippen LogP contribution in [0.15, 0.2) is 18.2 Å². The summed E-state index contributed by atoms with van der Waals surface area (Å²) in [6.07, 6.45) is 0.378. The van der Waals surface area contributed by atoms with Gasteiger partial charge in [-0.1, -0.05) is 6.92 Å². The van der Waals surface area contributed by atoms with Crippen LogP contribution < -0.4 is 4.90 Å². The number of rotatable bonds is 3. The highest BCUT2D eigenvalue weighted by Crippen LogP contribution is 2.19. The molecule has 0 saturated carbocycles. The van der Waals surface area contributed by atoms with Crippen molar-refractivity contribution in [2.24, 2.45) is 5.92 Å². The SMILES string of the molecule is CCC(C#N)C(=O)N(C)c1ccc(F)c(F)c1. The Kier molecular flexibility index (Phi) is 4.16. The van der Waals surface area contributed by atoms with Crippen LogP contribution in [0.3, 0.4) is 0 Å². The average molecular weight is 238 g/mol. The molecule has 1 rings (SSSR count). The lowest BCUT2D eigenvalue weighted by atomic mass is 10.1. The van der Waals surface area contributed by atoms with E-state index < -0.39 is 23.5 Å². The van der Waals surface area contributed by atoms with E-state index in [-0.39, 0.29) is 5.69 Å². The number of nitriles is 1. The highest BCUT2D eigenvalue weighted by Gasteiger charge is 2.21. The third-order valence-corrected chi connectivity index (χ3v) is 2.48. The molecule has 0 fully saturated rings. The van der Waals surface area contributed by atoms with Crippen molar-refractivity contribution in [1.82, 2.24) is 0 Å². The zero-order valence-corrected chi connectivity index (χ0v) is 9.58. The normalized spacial score (nSPS) is 11.7. The first-order valence-electron chi connectivity index (χ1n) is 5.13. The number of anilines is 1. The molecule has 3 nitrogen and oxygen atoms in total. The molecule has 0 bridgehead atoms. The van der Waals surface area contributed by atoms with Crippen molar-refractivity contribution >= 4 is 11.6 Å². The maximum atomic E-state index is 13.0. The van der Waals surface area contributed by atoms with Crippen LogP contribution in [-0.2, 0) is 4.79 Å². The molecule has 0 aliphatic rings. The topological polar surface area (TPSA) is 44.1 Å². The van der Waals surface area contributed by atoms with Crippen LogP contribution in [0.4, 0.5) is 14.5 Å². The number of halogens is 2. The summed E-state index contributed by atoms with van der Waals surface area (Å²) in [5, 5.41) is 8.76. The number of hydrogen-bond acceptors (Lipinski definition) is 2. The Bertz CT molecular complexity index is 468. The predicted molar refractivity (Wildman–Crippen MR) is 59.2 cm³/mol. The van der Waals surface area contributed by atoms with Gasteiger partial charge in [0.2, 0.25) is 5.91 Å². The van der Waals surface area contributed by atoms with Crippen LogP contribution in [0.25, 0.3) is 0 Å². The lowest BCUT2D eigenvalue weighted by Crippen LogP contribution is -2.32. The summed E-state index contributed by atoms with van der Waals surface area (Å²) >= 11 is 0. The number of carbonyl (C=O) groups excluding carboxylic acids is 1. The smallest absolute Gasteiger partial charge is 0.244 e. The molecule has 1 unspecified atom stereocenters. The van der Waals surface area contributed by atoms with Gasteiger partial charge in [-0.25, -0.2) is 8.78 Å². The maximum absolute atomic E-state index is 13.0. The minimum absolute atomic E-state index is 0.225. The molecule has 0 spiro atoms. The maximum Gasteiger partial charge on any atom is 0.244 e. The monoisotopic (exact) mass is 238 g/mol. The predicted octanol–water partition coefficient (Wildman–Crippen LogP) is 2.48. The van der Waals surface area contributed by atoms with E-state index in [1.54, 1.807) is 6.92 Å². The van der Waals surface area contributed by atoms with Crippen LogP contribution in [0.1, 0.15) is 13.3 Å². The molecule has 1 atom stereocenters. The van der Waals surface area contributed by atoms with E-state index in [1.807, 2.05) is 6.07 Å². The first kappa shape index (κ1) is 13.1. The molecule has 0 aliphatic carbocycles. The molecule has 0 heterocycles. The summed E-state index contributed by atoms with van der Waals surface area (Å²) in [7, 11) is 1.43. The first-order valence-corrected chi connectivity index (χ1v) is 5.13. The van der Waals surface area contributed by atoms with Crippen molar-refractivity contribution in [3.8, 4) is 6.07 Å². The van der Waals surface area contributed by atoms with Crippen LogP contribution >= 0.6 is 0 Å². The zero-order chi connectivity index (χ0) is 13.0. The van der Waals surface area contributed by atoms with Crippen LogP contribution in [0.2, 0.25) is 0 Å². The molecule has 5 heteroatoms. The van der Waals surface area contributed by atoms with Crippen molar-refractivity contribution < 1.29 is 13.6 Å². The number of nitrogens with zero attached hydrogens (tertiary/aromatic N) is 2. The summed E-state index contributed by atoms with van der Waals surface area (Å²) in [4.78, 5) is 12.9. The second-order valence-electron chi connectivity index (χ2n) is 3.59. The minimum Gasteiger partial charge on any atom is -0.314 e. The highest BCUT2D eigenvalue weighted by molar-refractivity contribution is 5.95. The third kappa shape index (κ3) is 2.78. The van der Waals surface area contributed by atoms with Gasteiger partial charge in [0.15, 0.2) is 11.6 Å². The van der Waals surface area contributed by atoms with Gasteiger partial charge in [-0.2, -0.15) is 5.26 Å². The van der Waals surface area contributed by atoms with E-state index in [4.69, 9.17) is 5.26 Å². The van der Waals surface area contributed by atoms with E-state index >= 15 is 0 Å². The summed E-state index contributed by atoms with van der Waals surface area (Å²) in [6.45, 7) is 1.71. The lowest BCUT2D eigenvalue weighted by molar-refractivity contribution is -0.120. The molecule has 1 aromatic rings. The Labute approximate surface area is 98.3 Å². The van der Waals surface area contributed by atoms with Crippen molar-refractivity contribution in [3.05, 3.63) is 29.8 Å². The summed E-state index contributed by atoms with van der Waals surface area (Å²) in [6, 6.07) is 5.04. The van der Waals surface area contributed by atoms with E-state index in [0.29, 0.717) is 6.42 Å². The zero-order valence-electron chi connectivity index (χ0n) is 9.58. The molecular weight excluding hydrogens is 226 g/mol. The van der Waals surface area contributed by atoms with Gasteiger partial charge in [0.05, 0.1) is 6.07 Å². The Hall–Kier alpha value is -1.96. The average Bonchev–Trinajstić information content (AvgIpc) is 2.33. The summed E-state index contributed by atoms with van der Waals surface area (Å²) in [5.41, 5.74) is 0.225. The van der Waals surface area contributed by atoms with E-state index in [1.165, 1.54) is 13.1 Å². The Morgan fingerprint density at radius 2 is 2.12 bits per heavy atom. The van der Waals surface area contributed by atoms with Gasteiger partial charge >= 0.3 is 0 Å². The van der Waals surface area contributed by atoms with E-state index in [2.05, 4.69) is 0 Å². The number of hydrogen-bond donors (Lipinski definition) is 0. The van der Waals surface area contributed by atoms with Crippen molar-refractivity contribution in [2.45, 2.75) is 13.3 Å². The molecule has 0 radical (unpaired) electrons. The molecule has 17 heavy (non-hydrogen) atoms. The van der Waals surface area contributed by atoms with Gasteiger partial charge in [-0.3, -0.25) is 4.79 Å².